The van der Waals surface area contributed by atoms with Crippen LogP contribution in [0.1, 0.15) is 23.7 Å². The summed E-state index contributed by atoms with van der Waals surface area (Å²) in [7, 11) is 0. The van der Waals surface area contributed by atoms with Crippen LogP contribution in [0.4, 0.5) is 0 Å². The lowest BCUT2D eigenvalue weighted by molar-refractivity contribution is 0.720. The van der Waals surface area contributed by atoms with E-state index in [2.05, 4.69) is 4.98 Å². The summed E-state index contributed by atoms with van der Waals surface area (Å²) in [5.74, 6) is 0. The Hall–Kier alpha value is -1.91. The topological polar surface area (TPSA) is 86.5 Å². The van der Waals surface area contributed by atoms with E-state index in [1.54, 1.807) is 12.1 Å². The van der Waals surface area contributed by atoms with E-state index in [1.165, 1.54) is 6.20 Å². The van der Waals surface area contributed by atoms with E-state index in [4.69, 9.17) is 16.3 Å². The average Bonchev–Trinajstić information content (AvgIpc) is 2.18. The molecule has 0 aromatic carbocycles. The first-order valence-electron chi connectivity index (χ1n) is 3.76. The third-order valence-corrected chi connectivity index (χ3v) is 1.61. The van der Waals surface area contributed by atoms with Crippen molar-refractivity contribution in [3.8, 4) is 12.1 Å². The van der Waals surface area contributed by atoms with Gasteiger partial charge in [-0.05, 0) is 12.1 Å². The Labute approximate surface area is 76.2 Å². The van der Waals surface area contributed by atoms with Gasteiger partial charge in [-0.3, -0.25) is 4.98 Å². The molecule has 0 saturated heterocycles. The van der Waals surface area contributed by atoms with Crippen LogP contribution in [-0.4, -0.2) is 4.98 Å². The number of nitrogens with two attached hydrogens (primary N) is 1. The van der Waals surface area contributed by atoms with Crippen molar-refractivity contribution in [3.05, 3.63) is 29.6 Å². The fourth-order valence-electron chi connectivity index (χ4n) is 0.894. The monoisotopic (exact) mass is 172 g/mol. The fraction of sp³-hybridized carbons (Fsp3) is 0.222. The zero-order valence-corrected chi connectivity index (χ0v) is 6.94. The summed E-state index contributed by atoms with van der Waals surface area (Å²) in [5, 5.41) is 16.9. The average molecular weight is 172 g/mol. The Morgan fingerprint density at radius 1 is 1.46 bits per heavy atom. The van der Waals surface area contributed by atoms with E-state index >= 15 is 0 Å². The molecule has 64 valence electrons. The van der Waals surface area contributed by atoms with Gasteiger partial charge in [0.1, 0.15) is 6.07 Å². The van der Waals surface area contributed by atoms with Gasteiger partial charge in [-0.2, -0.15) is 10.5 Å². The number of rotatable bonds is 2. The lowest BCUT2D eigenvalue weighted by Crippen LogP contribution is -2.10. The largest absolute Gasteiger partial charge is 0.322 e. The molecule has 0 radical (unpaired) electrons. The SMILES string of the molecule is N#CC[C@@H](N)c1ccc(C#N)cn1. The minimum Gasteiger partial charge on any atom is -0.322 e. The standard InChI is InChI=1S/C9H8N4/c10-4-3-8(12)9-2-1-7(5-11)6-13-9/h1-2,6,8H,3,12H2/t8-/m1/s1. The minimum absolute atomic E-state index is 0.235. The van der Waals surface area contributed by atoms with Crippen molar-refractivity contribution >= 4 is 0 Å². The van der Waals surface area contributed by atoms with Gasteiger partial charge in [0.25, 0.3) is 0 Å². The summed E-state index contributed by atoms with van der Waals surface area (Å²) in [6, 6.07) is 6.86. The highest BCUT2D eigenvalue weighted by molar-refractivity contribution is 5.27. The maximum absolute atomic E-state index is 8.50. The number of hydrogen-bond donors (Lipinski definition) is 1. The van der Waals surface area contributed by atoms with Crippen LogP contribution >= 0.6 is 0 Å². The van der Waals surface area contributed by atoms with Gasteiger partial charge in [-0.15, -0.1) is 0 Å². The molecule has 2 N–H and O–H groups in total. The van der Waals surface area contributed by atoms with Crippen molar-refractivity contribution in [1.29, 1.82) is 10.5 Å². The van der Waals surface area contributed by atoms with Gasteiger partial charge in [0, 0.05) is 6.20 Å². The molecule has 0 unspecified atom stereocenters. The van der Waals surface area contributed by atoms with Gasteiger partial charge in [0.2, 0.25) is 0 Å². The zero-order valence-electron chi connectivity index (χ0n) is 6.94. The molecule has 0 bridgehead atoms. The van der Waals surface area contributed by atoms with E-state index in [9.17, 15) is 0 Å². The number of aromatic nitrogens is 1. The molecule has 13 heavy (non-hydrogen) atoms. The summed E-state index contributed by atoms with van der Waals surface area (Å²) in [6.45, 7) is 0. The number of pyridine rings is 1. The first kappa shape index (κ1) is 9.18. The summed E-state index contributed by atoms with van der Waals surface area (Å²) in [5.41, 5.74) is 6.76. The van der Waals surface area contributed by atoms with Crippen molar-refractivity contribution in [1.82, 2.24) is 4.98 Å². The molecule has 1 atom stereocenters. The second-order valence-corrected chi connectivity index (χ2v) is 2.55. The van der Waals surface area contributed by atoms with E-state index in [1.807, 2.05) is 12.1 Å². The van der Waals surface area contributed by atoms with Crippen LogP contribution < -0.4 is 5.73 Å². The highest BCUT2D eigenvalue weighted by Gasteiger charge is 2.05. The molecule has 0 spiro atoms. The lowest BCUT2D eigenvalue weighted by Gasteiger charge is -2.05. The van der Waals surface area contributed by atoms with E-state index < -0.39 is 0 Å². The predicted octanol–water partition coefficient (Wildman–Crippen LogP) is 0.867. The van der Waals surface area contributed by atoms with Crippen molar-refractivity contribution in [3.63, 3.8) is 0 Å². The number of nitrogens with zero attached hydrogens (tertiary/aromatic N) is 3. The maximum atomic E-state index is 8.50. The molecule has 0 aliphatic rings. The molecule has 1 heterocycles. The first-order valence-corrected chi connectivity index (χ1v) is 3.76. The van der Waals surface area contributed by atoms with Crippen molar-refractivity contribution in [2.75, 3.05) is 0 Å². The molecule has 1 aromatic heterocycles. The third-order valence-electron chi connectivity index (χ3n) is 1.61. The lowest BCUT2D eigenvalue weighted by atomic mass is 10.1. The van der Waals surface area contributed by atoms with Crippen LogP contribution in [0.5, 0.6) is 0 Å². The summed E-state index contributed by atoms with van der Waals surface area (Å²) < 4.78 is 0. The van der Waals surface area contributed by atoms with Gasteiger partial charge < -0.3 is 5.73 Å². The van der Waals surface area contributed by atoms with Crippen LogP contribution in [-0.2, 0) is 0 Å². The Morgan fingerprint density at radius 2 is 2.23 bits per heavy atom. The molecule has 0 saturated carbocycles. The van der Waals surface area contributed by atoms with Crippen LogP contribution in [0.25, 0.3) is 0 Å². The smallest absolute Gasteiger partial charge is 0.101 e. The van der Waals surface area contributed by atoms with E-state index in [0.29, 0.717) is 11.3 Å². The second kappa shape index (κ2) is 4.20. The summed E-state index contributed by atoms with van der Waals surface area (Å²) >= 11 is 0. The predicted molar refractivity (Wildman–Crippen MR) is 46.1 cm³/mol. The van der Waals surface area contributed by atoms with Crippen molar-refractivity contribution in [2.24, 2.45) is 5.73 Å². The molecule has 0 fully saturated rings. The van der Waals surface area contributed by atoms with Crippen molar-refractivity contribution < 1.29 is 0 Å². The Balaban J connectivity index is 2.82. The molecule has 1 rings (SSSR count). The Kier molecular flexibility index (Phi) is 2.97. The van der Waals surface area contributed by atoms with Gasteiger partial charge in [-0.25, -0.2) is 0 Å². The second-order valence-electron chi connectivity index (χ2n) is 2.55. The van der Waals surface area contributed by atoms with Gasteiger partial charge in [0.15, 0.2) is 0 Å². The summed E-state index contributed by atoms with van der Waals surface area (Å²) in [4.78, 5) is 3.97. The zero-order chi connectivity index (χ0) is 9.68. The molecule has 0 aliphatic carbocycles. The van der Waals surface area contributed by atoms with Crippen molar-refractivity contribution in [2.45, 2.75) is 12.5 Å². The third kappa shape index (κ3) is 2.26. The molecule has 4 heteroatoms. The maximum Gasteiger partial charge on any atom is 0.101 e. The van der Waals surface area contributed by atoms with E-state index in [0.717, 1.165) is 0 Å². The fourth-order valence-corrected chi connectivity index (χ4v) is 0.894. The quantitative estimate of drug-likeness (QED) is 0.716. The van der Waals surface area contributed by atoms with Crippen LogP contribution in [0.15, 0.2) is 18.3 Å². The molecule has 1 aromatic rings. The van der Waals surface area contributed by atoms with E-state index in [-0.39, 0.29) is 12.5 Å². The van der Waals surface area contributed by atoms with Gasteiger partial charge in [0.05, 0.1) is 29.8 Å². The normalized spacial score (nSPS) is 11.3. The van der Waals surface area contributed by atoms with Gasteiger partial charge in [-0.1, -0.05) is 0 Å². The van der Waals surface area contributed by atoms with Gasteiger partial charge >= 0.3 is 0 Å². The van der Waals surface area contributed by atoms with Crippen LogP contribution in [0.3, 0.4) is 0 Å². The molecule has 0 amide bonds. The first-order chi connectivity index (χ1) is 6.27. The molecule has 4 nitrogen and oxygen atoms in total. The number of hydrogen-bond acceptors (Lipinski definition) is 4. The highest BCUT2D eigenvalue weighted by Crippen LogP contribution is 2.10. The Bertz CT molecular complexity index is 355. The molecule has 0 aliphatic heterocycles. The summed E-state index contributed by atoms with van der Waals surface area (Å²) in [6.07, 6.45) is 1.69. The van der Waals surface area contributed by atoms with Crippen LogP contribution in [0, 0.1) is 22.7 Å². The Morgan fingerprint density at radius 3 is 2.69 bits per heavy atom. The minimum atomic E-state index is -0.363. The molecular weight excluding hydrogens is 164 g/mol. The number of nitriles is 2. The van der Waals surface area contributed by atoms with Crippen LogP contribution in [0.2, 0.25) is 0 Å². The highest BCUT2D eigenvalue weighted by atomic mass is 14.8. The molecular formula is C9H8N4.